The van der Waals surface area contributed by atoms with Crippen LogP contribution in [0.15, 0.2) is 30.7 Å². The highest BCUT2D eigenvalue weighted by atomic mass is 16.2. The molecule has 0 aromatic carbocycles. The van der Waals surface area contributed by atoms with Gasteiger partial charge in [-0.2, -0.15) is 5.10 Å². The molecule has 0 saturated carbocycles. The Balaban J connectivity index is 1.25. The van der Waals surface area contributed by atoms with E-state index in [0.29, 0.717) is 36.5 Å². The zero-order chi connectivity index (χ0) is 23.2. The Labute approximate surface area is 195 Å². The molecule has 174 valence electrons. The molecule has 10 heteroatoms. The lowest BCUT2D eigenvalue weighted by Crippen LogP contribution is -2.45. The molecule has 0 spiro atoms. The van der Waals surface area contributed by atoms with Crippen LogP contribution in [0.4, 0.5) is 0 Å². The van der Waals surface area contributed by atoms with Crippen LogP contribution in [0.25, 0.3) is 11.0 Å². The fourth-order valence-electron chi connectivity index (χ4n) is 5.00. The first kappa shape index (κ1) is 20.6. The smallest absolute Gasteiger partial charge is 0.270 e. The molecule has 4 aromatic heterocycles. The molecule has 34 heavy (non-hydrogen) atoms. The molecule has 6 rings (SSSR count). The zero-order valence-electron chi connectivity index (χ0n) is 19.0. The summed E-state index contributed by atoms with van der Waals surface area (Å²) in [6, 6.07) is 3.51. The van der Waals surface area contributed by atoms with Gasteiger partial charge in [0.15, 0.2) is 5.65 Å². The van der Waals surface area contributed by atoms with Crippen LogP contribution < -0.4 is 5.32 Å². The van der Waals surface area contributed by atoms with Crippen molar-refractivity contribution in [3.8, 4) is 0 Å². The number of nitrogens with zero attached hydrogens (tertiary/aromatic N) is 5. The van der Waals surface area contributed by atoms with Crippen molar-refractivity contribution < 1.29 is 9.59 Å². The summed E-state index contributed by atoms with van der Waals surface area (Å²) in [5.41, 5.74) is 4.93. The fraction of sp³-hybridized carbons (Fsp3) is 0.375. The summed E-state index contributed by atoms with van der Waals surface area (Å²) in [5, 5.41) is 10.9. The predicted octanol–water partition coefficient (Wildman–Crippen LogP) is 2.12. The number of aromatic amines is 2. The van der Waals surface area contributed by atoms with Crippen LogP contribution in [-0.2, 0) is 25.9 Å². The molecule has 1 aliphatic heterocycles. The van der Waals surface area contributed by atoms with E-state index >= 15 is 0 Å². The predicted molar refractivity (Wildman–Crippen MR) is 124 cm³/mol. The van der Waals surface area contributed by atoms with E-state index in [1.165, 1.54) is 17.5 Å². The minimum atomic E-state index is -0.280. The van der Waals surface area contributed by atoms with E-state index in [2.05, 4.69) is 30.5 Å². The van der Waals surface area contributed by atoms with Crippen molar-refractivity contribution in [1.29, 1.82) is 0 Å². The molecule has 4 aromatic rings. The van der Waals surface area contributed by atoms with Gasteiger partial charge in [-0.25, -0.2) is 9.97 Å². The lowest BCUT2D eigenvalue weighted by Gasteiger charge is -2.24. The zero-order valence-corrected chi connectivity index (χ0v) is 19.0. The summed E-state index contributed by atoms with van der Waals surface area (Å²) < 4.78 is 2.00. The van der Waals surface area contributed by atoms with Crippen LogP contribution in [-0.4, -0.2) is 59.0 Å². The molecule has 10 nitrogen and oxygen atoms in total. The summed E-state index contributed by atoms with van der Waals surface area (Å²) in [7, 11) is 0. The van der Waals surface area contributed by atoms with Crippen molar-refractivity contribution in [2.45, 2.75) is 51.7 Å². The number of nitrogens with one attached hydrogen (secondary N) is 3. The van der Waals surface area contributed by atoms with E-state index in [9.17, 15) is 9.59 Å². The SMILES string of the molecule is Cc1[nH]nc2ncc(C(=O)NC3CN(C(=O)c4cc5c([nH]4)CCCC5)Cc4nccn4C3)cc12. The number of pyridine rings is 1. The first-order valence-corrected chi connectivity index (χ1v) is 11.7. The van der Waals surface area contributed by atoms with Crippen molar-refractivity contribution in [2.24, 2.45) is 0 Å². The molecule has 5 heterocycles. The van der Waals surface area contributed by atoms with Gasteiger partial charge in [0.25, 0.3) is 11.8 Å². The number of hydrogen-bond acceptors (Lipinski definition) is 5. The summed E-state index contributed by atoms with van der Waals surface area (Å²) in [6.07, 6.45) is 9.45. The molecule has 3 N–H and O–H groups in total. The number of aromatic nitrogens is 6. The number of carbonyl (C=O) groups excluding carboxylic acids is 2. The van der Waals surface area contributed by atoms with Crippen LogP contribution >= 0.6 is 0 Å². The number of hydrogen-bond donors (Lipinski definition) is 3. The molecular weight excluding hydrogens is 432 g/mol. The average molecular weight is 459 g/mol. The van der Waals surface area contributed by atoms with Crippen LogP contribution in [0.2, 0.25) is 0 Å². The minimum absolute atomic E-state index is 0.0674. The number of H-pyrrole nitrogens is 2. The van der Waals surface area contributed by atoms with Crippen molar-refractivity contribution in [3.63, 3.8) is 0 Å². The topological polar surface area (TPSA) is 125 Å². The van der Waals surface area contributed by atoms with E-state index < -0.39 is 0 Å². The highest BCUT2D eigenvalue weighted by Gasteiger charge is 2.29. The van der Waals surface area contributed by atoms with Gasteiger partial charge in [-0.05, 0) is 50.3 Å². The summed E-state index contributed by atoms with van der Waals surface area (Å²) >= 11 is 0. The Morgan fingerprint density at radius 3 is 2.91 bits per heavy atom. The van der Waals surface area contributed by atoms with Crippen molar-refractivity contribution in [2.75, 3.05) is 6.54 Å². The second-order valence-corrected chi connectivity index (χ2v) is 9.19. The largest absolute Gasteiger partial charge is 0.354 e. The molecule has 0 radical (unpaired) electrons. The maximum Gasteiger partial charge on any atom is 0.270 e. The maximum atomic E-state index is 13.5. The number of rotatable bonds is 3. The summed E-state index contributed by atoms with van der Waals surface area (Å²) in [6.45, 7) is 3.21. The van der Waals surface area contributed by atoms with Gasteiger partial charge in [-0.15, -0.1) is 0 Å². The Morgan fingerprint density at radius 1 is 1.15 bits per heavy atom. The third-order valence-corrected chi connectivity index (χ3v) is 6.82. The highest BCUT2D eigenvalue weighted by molar-refractivity contribution is 5.97. The summed E-state index contributed by atoms with van der Waals surface area (Å²) in [5.74, 6) is 0.507. The second-order valence-electron chi connectivity index (χ2n) is 9.19. The maximum absolute atomic E-state index is 13.5. The van der Waals surface area contributed by atoms with Crippen LogP contribution in [0.1, 0.15) is 56.5 Å². The minimum Gasteiger partial charge on any atom is -0.354 e. The lowest BCUT2D eigenvalue weighted by atomic mass is 9.98. The lowest BCUT2D eigenvalue weighted by molar-refractivity contribution is 0.0711. The fourth-order valence-corrected chi connectivity index (χ4v) is 5.00. The van der Waals surface area contributed by atoms with E-state index in [0.717, 1.165) is 42.6 Å². The normalized spacial score (nSPS) is 17.8. The van der Waals surface area contributed by atoms with E-state index in [1.54, 1.807) is 17.2 Å². The van der Waals surface area contributed by atoms with Gasteiger partial charge in [-0.3, -0.25) is 14.7 Å². The van der Waals surface area contributed by atoms with E-state index in [-0.39, 0.29) is 17.9 Å². The second kappa shape index (κ2) is 8.12. The molecule has 0 fully saturated rings. The summed E-state index contributed by atoms with van der Waals surface area (Å²) in [4.78, 5) is 40.5. The number of aryl methyl sites for hydroxylation is 3. The van der Waals surface area contributed by atoms with Gasteiger partial charge in [0.05, 0.1) is 18.2 Å². The quantitative estimate of drug-likeness (QED) is 0.434. The first-order valence-electron chi connectivity index (χ1n) is 11.7. The number of imidazole rings is 1. The number of amides is 2. The Bertz CT molecular complexity index is 1370. The number of carbonyl (C=O) groups is 2. The Morgan fingerprint density at radius 2 is 2.03 bits per heavy atom. The molecule has 2 aliphatic rings. The van der Waals surface area contributed by atoms with Gasteiger partial charge in [0.1, 0.15) is 11.5 Å². The molecule has 1 atom stereocenters. The molecule has 0 bridgehead atoms. The molecule has 0 saturated heterocycles. The average Bonchev–Trinajstić information content (AvgIpc) is 3.54. The van der Waals surface area contributed by atoms with Crippen molar-refractivity contribution >= 4 is 22.8 Å². The highest BCUT2D eigenvalue weighted by Crippen LogP contribution is 2.23. The van der Waals surface area contributed by atoms with Gasteiger partial charge in [-0.1, -0.05) is 0 Å². The van der Waals surface area contributed by atoms with Crippen LogP contribution in [0.3, 0.4) is 0 Å². The monoisotopic (exact) mass is 458 g/mol. The molecular formula is C24H26N8O2. The first-order chi connectivity index (χ1) is 16.5. The van der Waals surface area contributed by atoms with Gasteiger partial charge < -0.3 is 19.8 Å². The third kappa shape index (κ3) is 3.64. The third-order valence-electron chi connectivity index (χ3n) is 6.82. The number of fused-ring (bicyclic) bond motifs is 3. The molecule has 1 aliphatic carbocycles. The molecule has 1 unspecified atom stereocenters. The Kier molecular flexibility index (Phi) is 4.93. The van der Waals surface area contributed by atoms with E-state index in [1.807, 2.05) is 23.8 Å². The Hall–Kier alpha value is -3.95. The molecule has 2 amide bonds. The van der Waals surface area contributed by atoms with Crippen LogP contribution in [0.5, 0.6) is 0 Å². The van der Waals surface area contributed by atoms with Gasteiger partial charge in [0.2, 0.25) is 0 Å². The van der Waals surface area contributed by atoms with E-state index in [4.69, 9.17) is 0 Å². The van der Waals surface area contributed by atoms with Crippen molar-refractivity contribution in [3.05, 3.63) is 64.8 Å². The standard InChI is InChI=1S/C24H26N8O2/c1-14-18-8-16(10-26-22(18)30-29-14)23(33)27-17-11-31-7-6-25-21(31)13-32(12-17)24(34)20-9-15-4-2-3-5-19(15)28-20/h6-10,17,28H,2-5,11-13H2,1H3,(H,27,33)(H,26,29,30). The van der Waals surface area contributed by atoms with Gasteiger partial charge in [0, 0.05) is 48.5 Å². The van der Waals surface area contributed by atoms with Crippen LogP contribution in [0, 0.1) is 6.92 Å². The van der Waals surface area contributed by atoms with Gasteiger partial charge >= 0.3 is 0 Å². The van der Waals surface area contributed by atoms with Crippen molar-refractivity contribution in [1.82, 2.24) is 39.9 Å².